The van der Waals surface area contributed by atoms with E-state index in [-0.39, 0.29) is 36.7 Å². The Hall–Kier alpha value is -2.71. The summed E-state index contributed by atoms with van der Waals surface area (Å²) in [5.74, 6) is -0.0886. The van der Waals surface area contributed by atoms with E-state index >= 15 is 0 Å². The Balaban J connectivity index is 1.38. The summed E-state index contributed by atoms with van der Waals surface area (Å²) in [6.07, 6.45) is 7.83. The number of amides is 2. The van der Waals surface area contributed by atoms with Gasteiger partial charge in [-0.1, -0.05) is 48.6 Å². The lowest BCUT2D eigenvalue weighted by Gasteiger charge is -2.23. The van der Waals surface area contributed by atoms with Crippen LogP contribution in [-0.4, -0.2) is 33.7 Å². The second-order valence-electron chi connectivity index (χ2n) is 8.05. The fraction of sp³-hybridized carbons (Fsp3) is 0.320. The summed E-state index contributed by atoms with van der Waals surface area (Å²) in [5, 5.41) is 2.70. The molecular weight excluding hydrogens is 459 g/mol. The maximum absolute atomic E-state index is 13.0. The molecule has 5 nitrogen and oxygen atoms in total. The molecule has 1 N–H and O–H groups in total. The third-order valence-electron chi connectivity index (χ3n) is 5.62. The summed E-state index contributed by atoms with van der Waals surface area (Å²) < 4.78 is 19.7. The van der Waals surface area contributed by atoms with E-state index < -0.39 is 0 Å². The molecule has 4 rings (SSSR count). The van der Waals surface area contributed by atoms with E-state index in [1.54, 1.807) is 0 Å². The molecule has 172 valence electrons. The van der Waals surface area contributed by atoms with Crippen LogP contribution in [0.4, 0.5) is 10.1 Å². The molecule has 0 unspecified atom stereocenters. The van der Waals surface area contributed by atoms with Gasteiger partial charge in [-0.25, -0.2) is 4.39 Å². The number of benzene rings is 2. The number of rotatable bonds is 7. The number of anilines is 1. The Morgan fingerprint density at radius 1 is 1.15 bits per heavy atom. The molecule has 0 atom stereocenters. The molecule has 1 aliphatic carbocycles. The molecule has 33 heavy (non-hydrogen) atoms. The summed E-state index contributed by atoms with van der Waals surface area (Å²) in [7, 11) is 0. The standard InChI is InChI=1S/C25H25FN2O3S2/c26-18-10-12-19(13-11-18)27-23(29)14-15-28-24(30)22(33-25(28)32)16-17-6-4-5-9-21(17)31-20-7-2-1-3-8-20/h4-6,9-13,16,20H,1-3,7-8,14-15H2,(H,27,29)/b22-16-. The molecule has 2 fully saturated rings. The minimum atomic E-state index is -0.372. The zero-order chi connectivity index (χ0) is 23.2. The lowest BCUT2D eigenvalue weighted by atomic mass is 9.97. The average Bonchev–Trinajstić information content (AvgIpc) is 3.08. The Morgan fingerprint density at radius 3 is 2.64 bits per heavy atom. The monoisotopic (exact) mass is 484 g/mol. The van der Waals surface area contributed by atoms with Crippen molar-refractivity contribution >= 4 is 51.9 Å². The van der Waals surface area contributed by atoms with E-state index in [0.29, 0.717) is 14.9 Å². The van der Waals surface area contributed by atoms with Crippen LogP contribution in [0.25, 0.3) is 6.08 Å². The van der Waals surface area contributed by atoms with Crippen molar-refractivity contribution in [3.05, 3.63) is 64.8 Å². The highest BCUT2D eigenvalue weighted by molar-refractivity contribution is 8.26. The number of ether oxygens (including phenoxy) is 1. The number of halogens is 1. The van der Waals surface area contributed by atoms with Gasteiger partial charge in [-0.15, -0.1) is 0 Å². The summed E-state index contributed by atoms with van der Waals surface area (Å²) in [5.41, 5.74) is 1.35. The molecule has 1 saturated heterocycles. The van der Waals surface area contributed by atoms with Gasteiger partial charge in [0.25, 0.3) is 5.91 Å². The Bertz CT molecular complexity index is 1070. The second kappa shape index (κ2) is 10.9. The third-order valence-corrected chi connectivity index (χ3v) is 6.99. The summed E-state index contributed by atoms with van der Waals surface area (Å²) >= 11 is 6.62. The van der Waals surface area contributed by atoms with Crippen LogP contribution in [0.1, 0.15) is 44.1 Å². The number of hydrogen-bond donors (Lipinski definition) is 1. The molecule has 2 amide bonds. The van der Waals surface area contributed by atoms with Crippen LogP contribution in [0.3, 0.4) is 0 Å². The minimum absolute atomic E-state index is 0.0818. The maximum Gasteiger partial charge on any atom is 0.266 e. The summed E-state index contributed by atoms with van der Waals surface area (Å²) in [4.78, 5) is 27.2. The Kier molecular flexibility index (Phi) is 7.77. The van der Waals surface area contributed by atoms with Crippen LogP contribution in [-0.2, 0) is 9.59 Å². The number of hydrogen-bond acceptors (Lipinski definition) is 5. The molecule has 0 aromatic heterocycles. The quantitative estimate of drug-likeness (QED) is 0.400. The normalized spacial score (nSPS) is 18.1. The highest BCUT2D eigenvalue weighted by Gasteiger charge is 2.32. The van der Waals surface area contributed by atoms with Crippen LogP contribution in [0, 0.1) is 5.82 Å². The van der Waals surface area contributed by atoms with Gasteiger partial charge in [-0.05, 0) is 62.1 Å². The van der Waals surface area contributed by atoms with Crippen molar-refractivity contribution in [1.29, 1.82) is 0 Å². The number of thioether (sulfide) groups is 1. The van der Waals surface area contributed by atoms with Crippen molar-refractivity contribution in [2.75, 3.05) is 11.9 Å². The van der Waals surface area contributed by atoms with Crippen molar-refractivity contribution in [3.8, 4) is 5.75 Å². The first-order chi connectivity index (χ1) is 16.0. The number of carbonyl (C=O) groups excluding carboxylic acids is 2. The van der Waals surface area contributed by atoms with Gasteiger partial charge in [0.1, 0.15) is 15.9 Å². The number of nitrogens with zero attached hydrogens (tertiary/aromatic N) is 1. The average molecular weight is 485 g/mol. The predicted octanol–water partition coefficient (Wildman–Crippen LogP) is 5.77. The van der Waals surface area contributed by atoms with Gasteiger partial charge < -0.3 is 10.1 Å². The molecule has 8 heteroatoms. The van der Waals surface area contributed by atoms with E-state index in [0.717, 1.165) is 24.2 Å². The van der Waals surface area contributed by atoms with E-state index in [2.05, 4.69) is 5.32 Å². The molecule has 0 spiro atoms. The first-order valence-electron chi connectivity index (χ1n) is 11.1. The Morgan fingerprint density at radius 2 is 1.88 bits per heavy atom. The van der Waals surface area contributed by atoms with Gasteiger partial charge >= 0.3 is 0 Å². The Labute approximate surface area is 202 Å². The molecule has 1 heterocycles. The number of nitrogens with one attached hydrogen (secondary N) is 1. The lowest BCUT2D eigenvalue weighted by molar-refractivity contribution is -0.122. The number of thiocarbonyl (C=S) groups is 1. The zero-order valence-electron chi connectivity index (χ0n) is 18.1. The molecular formula is C25H25FN2O3S2. The number of carbonyl (C=O) groups is 2. The highest BCUT2D eigenvalue weighted by atomic mass is 32.2. The topological polar surface area (TPSA) is 58.6 Å². The molecule has 2 aromatic carbocycles. The minimum Gasteiger partial charge on any atom is -0.490 e. The molecule has 0 radical (unpaired) electrons. The van der Waals surface area contributed by atoms with Crippen molar-refractivity contribution in [1.82, 2.24) is 4.90 Å². The molecule has 2 aromatic rings. The van der Waals surface area contributed by atoms with Crippen LogP contribution in [0.5, 0.6) is 5.75 Å². The van der Waals surface area contributed by atoms with Gasteiger partial charge in [-0.3, -0.25) is 14.5 Å². The highest BCUT2D eigenvalue weighted by Crippen LogP contribution is 2.35. The van der Waals surface area contributed by atoms with Crippen LogP contribution >= 0.6 is 24.0 Å². The molecule has 1 aliphatic heterocycles. The fourth-order valence-electron chi connectivity index (χ4n) is 3.87. The van der Waals surface area contributed by atoms with Crippen molar-refractivity contribution in [3.63, 3.8) is 0 Å². The van der Waals surface area contributed by atoms with Gasteiger partial charge in [0, 0.05) is 24.2 Å². The lowest BCUT2D eigenvalue weighted by Crippen LogP contribution is -2.31. The van der Waals surface area contributed by atoms with E-state index in [1.807, 2.05) is 30.3 Å². The van der Waals surface area contributed by atoms with Crippen LogP contribution in [0.2, 0.25) is 0 Å². The van der Waals surface area contributed by atoms with Crippen LogP contribution < -0.4 is 10.1 Å². The molecule has 2 aliphatic rings. The van der Waals surface area contributed by atoms with Crippen molar-refractivity contribution < 1.29 is 18.7 Å². The largest absolute Gasteiger partial charge is 0.490 e. The van der Waals surface area contributed by atoms with E-state index in [1.165, 1.54) is 60.2 Å². The van der Waals surface area contributed by atoms with E-state index in [4.69, 9.17) is 17.0 Å². The van der Waals surface area contributed by atoms with Gasteiger partial charge in [0.2, 0.25) is 5.91 Å². The zero-order valence-corrected chi connectivity index (χ0v) is 19.7. The summed E-state index contributed by atoms with van der Waals surface area (Å²) in [6, 6.07) is 13.2. The van der Waals surface area contributed by atoms with Gasteiger partial charge in [-0.2, -0.15) is 0 Å². The van der Waals surface area contributed by atoms with E-state index in [9.17, 15) is 14.0 Å². The first-order valence-corrected chi connectivity index (χ1v) is 12.3. The van der Waals surface area contributed by atoms with Crippen molar-refractivity contribution in [2.24, 2.45) is 0 Å². The fourth-order valence-corrected chi connectivity index (χ4v) is 5.17. The first kappa shape index (κ1) is 23.4. The molecule has 1 saturated carbocycles. The number of para-hydroxylation sites is 1. The van der Waals surface area contributed by atoms with Gasteiger partial charge in [0.05, 0.1) is 11.0 Å². The maximum atomic E-state index is 13.0. The summed E-state index contributed by atoms with van der Waals surface area (Å²) in [6.45, 7) is 0.176. The SMILES string of the molecule is O=C(CCN1C(=O)/C(=C/c2ccccc2OC2CCCCC2)SC1=S)Nc1ccc(F)cc1. The second-order valence-corrected chi connectivity index (χ2v) is 9.73. The van der Waals surface area contributed by atoms with Gasteiger partial charge in [0.15, 0.2) is 0 Å². The third kappa shape index (κ3) is 6.21. The van der Waals surface area contributed by atoms with Crippen LogP contribution in [0.15, 0.2) is 53.4 Å². The van der Waals surface area contributed by atoms with Crippen molar-refractivity contribution in [2.45, 2.75) is 44.6 Å². The smallest absolute Gasteiger partial charge is 0.266 e. The predicted molar refractivity (Wildman–Crippen MR) is 133 cm³/mol. The molecule has 0 bridgehead atoms.